The lowest BCUT2D eigenvalue weighted by molar-refractivity contribution is -0.384. The summed E-state index contributed by atoms with van der Waals surface area (Å²) in [5.74, 6) is 0.255. The van der Waals surface area contributed by atoms with E-state index >= 15 is 0 Å². The van der Waals surface area contributed by atoms with Gasteiger partial charge in [-0.15, -0.1) is 0 Å². The molecule has 7 nitrogen and oxygen atoms in total. The van der Waals surface area contributed by atoms with Gasteiger partial charge < -0.3 is 14.8 Å². The number of methoxy groups -OCH3 is 1. The summed E-state index contributed by atoms with van der Waals surface area (Å²) < 4.78 is 10.4. The molecule has 0 aromatic heterocycles. The molecule has 2 aromatic rings. The Morgan fingerprint density at radius 1 is 1.25 bits per heavy atom. The van der Waals surface area contributed by atoms with E-state index in [0.717, 1.165) is 0 Å². The summed E-state index contributed by atoms with van der Waals surface area (Å²) in [4.78, 5) is 22.6. The van der Waals surface area contributed by atoms with Crippen LogP contribution in [0.5, 0.6) is 11.5 Å². The van der Waals surface area contributed by atoms with Crippen molar-refractivity contribution >= 4 is 28.9 Å². The summed E-state index contributed by atoms with van der Waals surface area (Å²) in [6.07, 6.45) is 0. The minimum Gasteiger partial charge on any atom is -0.494 e. The van der Waals surface area contributed by atoms with Crippen LogP contribution in [0.3, 0.4) is 0 Å². The fourth-order valence-electron chi connectivity index (χ4n) is 2.01. The average Bonchev–Trinajstić information content (AvgIpc) is 2.56. The Bertz CT molecular complexity index is 779. The first-order valence-electron chi connectivity index (χ1n) is 7.02. The van der Waals surface area contributed by atoms with Crippen LogP contribution in [-0.2, 0) is 0 Å². The fraction of sp³-hybridized carbons (Fsp3) is 0.188. The van der Waals surface area contributed by atoms with Crippen LogP contribution in [0.25, 0.3) is 0 Å². The van der Waals surface area contributed by atoms with Crippen LogP contribution in [0.15, 0.2) is 36.4 Å². The molecule has 8 heteroatoms. The predicted octanol–water partition coefficient (Wildman–Crippen LogP) is 3.91. The van der Waals surface area contributed by atoms with Crippen LogP contribution in [-0.4, -0.2) is 24.5 Å². The molecule has 0 unspecified atom stereocenters. The Hall–Kier alpha value is -2.80. The van der Waals surface area contributed by atoms with Gasteiger partial charge in [0, 0.05) is 11.6 Å². The third-order valence-corrected chi connectivity index (χ3v) is 3.43. The highest BCUT2D eigenvalue weighted by Crippen LogP contribution is 2.30. The molecule has 126 valence electrons. The predicted molar refractivity (Wildman–Crippen MR) is 90.2 cm³/mol. The molecule has 2 aromatic carbocycles. The number of hydrogen-bond donors (Lipinski definition) is 1. The van der Waals surface area contributed by atoms with E-state index in [9.17, 15) is 14.9 Å². The molecule has 0 aliphatic rings. The van der Waals surface area contributed by atoms with Crippen molar-refractivity contribution in [3.8, 4) is 11.5 Å². The topological polar surface area (TPSA) is 90.7 Å². The van der Waals surface area contributed by atoms with Crippen LogP contribution in [0.1, 0.15) is 17.3 Å². The van der Waals surface area contributed by atoms with Crippen LogP contribution in [0.2, 0.25) is 5.02 Å². The quantitative estimate of drug-likeness (QED) is 0.630. The summed E-state index contributed by atoms with van der Waals surface area (Å²) >= 11 is 6.06. The van der Waals surface area contributed by atoms with Gasteiger partial charge in [0.2, 0.25) is 0 Å². The number of non-ortho nitro benzene ring substituents is 1. The lowest BCUT2D eigenvalue weighted by atomic mass is 10.2. The number of halogens is 1. The lowest BCUT2D eigenvalue weighted by Gasteiger charge is -2.11. The van der Waals surface area contributed by atoms with E-state index in [0.29, 0.717) is 28.6 Å². The smallest absolute Gasteiger partial charge is 0.273 e. The van der Waals surface area contributed by atoms with Crippen molar-refractivity contribution in [2.24, 2.45) is 0 Å². The van der Waals surface area contributed by atoms with Crippen LogP contribution < -0.4 is 14.8 Å². The van der Waals surface area contributed by atoms with Crippen LogP contribution in [0, 0.1) is 10.1 Å². The second-order valence-corrected chi connectivity index (χ2v) is 5.08. The molecular weight excluding hydrogens is 336 g/mol. The van der Waals surface area contributed by atoms with Gasteiger partial charge in [0.25, 0.3) is 11.6 Å². The summed E-state index contributed by atoms with van der Waals surface area (Å²) in [6, 6.07) is 8.59. The molecule has 0 heterocycles. The van der Waals surface area contributed by atoms with Crippen molar-refractivity contribution in [3.05, 3.63) is 57.1 Å². The number of benzene rings is 2. The zero-order valence-electron chi connectivity index (χ0n) is 13.0. The second kappa shape index (κ2) is 7.65. The third-order valence-electron chi connectivity index (χ3n) is 3.14. The number of nitrogens with zero attached hydrogens (tertiary/aromatic N) is 1. The van der Waals surface area contributed by atoms with Crippen molar-refractivity contribution in [2.75, 3.05) is 19.0 Å². The van der Waals surface area contributed by atoms with Gasteiger partial charge >= 0.3 is 0 Å². The van der Waals surface area contributed by atoms with E-state index in [1.54, 1.807) is 12.1 Å². The van der Waals surface area contributed by atoms with Gasteiger partial charge in [-0.2, -0.15) is 0 Å². The molecular formula is C16H15ClN2O5. The first-order valence-corrected chi connectivity index (χ1v) is 7.40. The van der Waals surface area contributed by atoms with Gasteiger partial charge in [0.1, 0.15) is 11.5 Å². The Morgan fingerprint density at radius 3 is 2.58 bits per heavy atom. The number of amides is 1. The number of nitro benzene ring substituents is 1. The van der Waals surface area contributed by atoms with E-state index < -0.39 is 10.8 Å². The molecule has 1 N–H and O–H groups in total. The van der Waals surface area contributed by atoms with Gasteiger partial charge in [-0.25, -0.2) is 0 Å². The molecule has 0 saturated carbocycles. The van der Waals surface area contributed by atoms with Crippen molar-refractivity contribution in [2.45, 2.75) is 6.92 Å². The molecule has 1 amide bonds. The number of nitro groups is 1. The molecule has 0 saturated heterocycles. The van der Waals surface area contributed by atoms with E-state index in [-0.39, 0.29) is 11.4 Å². The number of carbonyl (C=O) groups excluding carboxylic acids is 1. The summed E-state index contributed by atoms with van der Waals surface area (Å²) in [6.45, 7) is 2.29. The molecule has 0 atom stereocenters. The van der Waals surface area contributed by atoms with Crippen molar-refractivity contribution in [1.82, 2.24) is 0 Å². The van der Waals surface area contributed by atoms with Gasteiger partial charge in [-0.3, -0.25) is 14.9 Å². The molecule has 0 aliphatic carbocycles. The van der Waals surface area contributed by atoms with Gasteiger partial charge in [0.05, 0.1) is 35.4 Å². The highest BCUT2D eigenvalue weighted by atomic mass is 35.5. The molecule has 0 fully saturated rings. The van der Waals surface area contributed by atoms with E-state index in [1.165, 1.54) is 31.4 Å². The zero-order valence-corrected chi connectivity index (χ0v) is 13.8. The number of nitrogens with one attached hydrogen (secondary N) is 1. The Morgan fingerprint density at radius 2 is 2.00 bits per heavy atom. The minimum atomic E-state index is -0.541. The van der Waals surface area contributed by atoms with E-state index in [1.807, 2.05) is 6.92 Å². The second-order valence-electron chi connectivity index (χ2n) is 4.67. The summed E-state index contributed by atoms with van der Waals surface area (Å²) in [5, 5.41) is 13.7. The summed E-state index contributed by atoms with van der Waals surface area (Å²) in [5.41, 5.74) is 0.510. The third kappa shape index (κ3) is 3.94. The van der Waals surface area contributed by atoms with Gasteiger partial charge in [-0.05, 0) is 31.2 Å². The number of hydrogen-bond acceptors (Lipinski definition) is 5. The van der Waals surface area contributed by atoms with Crippen LogP contribution in [0.4, 0.5) is 11.4 Å². The normalized spacial score (nSPS) is 10.1. The first-order chi connectivity index (χ1) is 11.5. The molecule has 0 bridgehead atoms. The fourth-order valence-corrected chi connectivity index (χ4v) is 2.24. The van der Waals surface area contributed by atoms with Crippen molar-refractivity contribution < 1.29 is 19.2 Å². The van der Waals surface area contributed by atoms with E-state index in [4.69, 9.17) is 21.1 Å². The van der Waals surface area contributed by atoms with Gasteiger partial charge in [0.15, 0.2) is 0 Å². The standard InChI is InChI=1S/C16H15ClN2O5/c1-3-24-14-7-4-10(8-12(14)17)16(20)18-13-6-5-11(19(21)22)9-15(13)23-2/h4-9H,3H2,1-2H3,(H,18,20). The largest absolute Gasteiger partial charge is 0.494 e. The van der Waals surface area contributed by atoms with Gasteiger partial charge in [-0.1, -0.05) is 11.6 Å². The lowest BCUT2D eigenvalue weighted by Crippen LogP contribution is -2.13. The molecule has 2 rings (SSSR count). The summed E-state index contributed by atoms with van der Waals surface area (Å²) in [7, 11) is 1.36. The van der Waals surface area contributed by atoms with Crippen molar-refractivity contribution in [1.29, 1.82) is 0 Å². The number of anilines is 1. The van der Waals surface area contributed by atoms with Crippen molar-refractivity contribution in [3.63, 3.8) is 0 Å². The SMILES string of the molecule is CCOc1ccc(C(=O)Nc2ccc([N+](=O)[O-])cc2OC)cc1Cl. The highest BCUT2D eigenvalue weighted by molar-refractivity contribution is 6.32. The van der Waals surface area contributed by atoms with Crippen LogP contribution >= 0.6 is 11.6 Å². The molecule has 0 spiro atoms. The van der Waals surface area contributed by atoms with E-state index in [2.05, 4.69) is 5.32 Å². The number of rotatable bonds is 6. The number of ether oxygens (including phenoxy) is 2. The highest BCUT2D eigenvalue weighted by Gasteiger charge is 2.15. The molecule has 0 aliphatic heterocycles. The molecule has 24 heavy (non-hydrogen) atoms. The Balaban J connectivity index is 2.23. The maximum atomic E-state index is 12.3. The Kier molecular flexibility index (Phi) is 5.59. The number of carbonyl (C=O) groups is 1. The average molecular weight is 351 g/mol. The maximum absolute atomic E-state index is 12.3. The molecule has 0 radical (unpaired) electrons. The monoisotopic (exact) mass is 350 g/mol. The zero-order chi connectivity index (χ0) is 17.7. The first kappa shape index (κ1) is 17.6. The Labute approximate surface area is 143 Å². The minimum absolute atomic E-state index is 0.131. The maximum Gasteiger partial charge on any atom is 0.273 e.